The molecule has 3 heterocycles. The first-order chi connectivity index (χ1) is 14.5. The number of nitrogens with zero attached hydrogens (tertiary/aromatic N) is 5. The van der Waals surface area contributed by atoms with Gasteiger partial charge in [0.05, 0.1) is 16.8 Å². The first-order valence-corrected chi connectivity index (χ1v) is 11.0. The Morgan fingerprint density at radius 2 is 1.97 bits per heavy atom. The molecule has 154 valence electrons. The molecule has 1 N–H and O–H groups in total. The number of benzene rings is 1. The number of carbonyl (C=O) groups is 1. The molecule has 0 aliphatic heterocycles. The Labute approximate surface area is 181 Å². The number of anilines is 4. The number of carbonyl (C=O) groups excluding carboxylic acids is 1. The number of rotatable bonds is 6. The van der Waals surface area contributed by atoms with Crippen molar-refractivity contribution in [2.45, 2.75) is 20.8 Å². The standard InChI is InChI=1S/C20H20N6O2S2/c1-5-28-18(27)14-10-29-20(22-14)26(4)17-12(3)11(2)16(24-25-17)23-19-21-13-8-6-7-9-15(13)30-19/h6-10H,5H2,1-4H3,(H,21,23,24). The number of nitrogens with one attached hydrogen (secondary N) is 1. The van der Waals surface area contributed by atoms with Gasteiger partial charge in [-0.3, -0.25) is 0 Å². The van der Waals surface area contributed by atoms with Crippen LogP contribution in [0.2, 0.25) is 0 Å². The van der Waals surface area contributed by atoms with Crippen molar-refractivity contribution in [1.29, 1.82) is 0 Å². The number of ether oxygens (including phenoxy) is 1. The van der Waals surface area contributed by atoms with Gasteiger partial charge >= 0.3 is 5.97 Å². The lowest BCUT2D eigenvalue weighted by Crippen LogP contribution is -2.15. The van der Waals surface area contributed by atoms with Crippen LogP contribution in [0, 0.1) is 13.8 Å². The molecule has 1 aromatic carbocycles. The minimum absolute atomic E-state index is 0.292. The topological polar surface area (TPSA) is 93.1 Å². The van der Waals surface area contributed by atoms with Crippen LogP contribution in [0.3, 0.4) is 0 Å². The number of hydrogen-bond acceptors (Lipinski definition) is 10. The molecule has 0 aliphatic rings. The molecule has 0 atom stereocenters. The fourth-order valence-electron chi connectivity index (χ4n) is 2.86. The number of fused-ring (bicyclic) bond motifs is 1. The lowest BCUT2D eigenvalue weighted by Gasteiger charge is -2.18. The van der Waals surface area contributed by atoms with E-state index in [-0.39, 0.29) is 0 Å². The molecule has 4 aromatic rings. The van der Waals surface area contributed by atoms with E-state index in [9.17, 15) is 4.79 Å². The summed E-state index contributed by atoms with van der Waals surface area (Å²) >= 11 is 2.92. The van der Waals surface area contributed by atoms with Gasteiger partial charge in [-0.2, -0.15) is 0 Å². The average Bonchev–Trinajstić information content (AvgIpc) is 3.38. The summed E-state index contributed by atoms with van der Waals surface area (Å²) < 4.78 is 6.12. The molecule has 30 heavy (non-hydrogen) atoms. The van der Waals surface area contributed by atoms with E-state index in [1.54, 1.807) is 23.6 Å². The molecule has 0 saturated carbocycles. The van der Waals surface area contributed by atoms with E-state index in [1.165, 1.54) is 11.3 Å². The van der Waals surface area contributed by atoms with Crippen LogP contribution in [-0.2, 0) is 4.74 Å². The predicted octanol–water partition coefficient (Wildman–Crippen LogP) is 4.85. The number of thiazole rings is 2. The Morgan fingerprint density at radius 3 is 2.73 bits per heavy atom. The molecule has 3 aromatic heterocycles. The monoisotopic (exact) mass is 440 g/mol. The Hall–Kier alpha value is -3.11. The first kappa shape index (κ1) is 20.2. The average molecular weight is 441 g/mol. The van der Waals surface area contributed by atoms with Crippen LogP contribution in [0.1, 0.15) is 28.5 Å². The van der Waals surface area contributed by atoms with Gasteiger partial charge in [0.2, 0.25) is 0 Å². The summed E-state index contributed by atoms with van der Waals surface area (Å²) in [5, 5.41) is 15.1. The smallest absolute Gasteiger partial charge is 0.357 e. The van der Waals surface area contributed by atoms with Crippen LogP contribution >= 0.6 is 22.7 Å². The zero-order valence-electron chi connectivity index (χ0n) is 17.0. The molecule has 0 unspecified atom stereocenters. The Balaban J connectivity index is 1.58. The van der Waals surface area contributed by atoms with Crippen molar-refractivity contribution in [2.24, 2.45) is 0 Å². The van der Waals surface area contributed by atoms with Gasteiger partial charge < -0.3 is 15.0 Å². The molecular weight excluding hydrogens is 420 g/mol. The number of para-hydroxylation sites is 1. The maximum Gasteiger partial charge on any atom is 0.357 e. The van der Waals surface area contributed by atoms with Crippen LogP contribution in [0.5, 0.6) is 0 Å². The zero-order valence-corrected chi connectivity index (χ0v) is 18.6. The SMILES string of the molecule is CCOC(=O)c1csc(N(C)c2nnc(Nc3nc4ccccc4s3)c(C)c2C)n1. The fraction of sp³-hybridized carbons (Fsp3) is 0.250. The van der Waals surface area contributed by atoms with Gasteiger partial charge in [-0.25, -0.2) is 14.8 Å². The third-order valence-corrected chi connectivity index (χ3v) is 6.47. The molecule has 0 saturated heterocycles. The zero-order chi connectivity index (χ0) is 21.3. The molecule has 0 spiro atoms. The van der Waals surface area contributed by atoms with Gasteiger partial charge in [0.1, 0.15) is 0 Å². The molecule has 0 bridgehead atoms. The van der Waals surface area contributed by atoms with Gasteiger partial charge in [-0.05, 0) is 32.9 Å². The van der Waals surface area contributed by atoms with Gasteiger partial charge in [0.15, 0.2) is 27.6 Å². The second kappa shape index (κ2) is 8.33. The van der Waals surface area contributed by atoms with E-state index in [1.807, 2.05) is 50.1 Å². The highest BCUT2D eigenvalue weighted by Crippen LogP contribution is 2.33. The van der Waals surface area contributed by atoms with Gasteiger partial charge in [-0.15, -0.1) is 21.5 Å². The molecule has 4 rings (SSSR count). The van der Waals surface area contributed by atoms with Crippen molar-refractivity contribution >= 4 is 60.8 Å². The van der Waals surface area contributed by atoms with Crippen LogP contribution in [0.25, 0.3) is 10.2 Å². The van der Waals surface area contributed by atoms with E-state index in [0.717, 1.165) is 26.5 Å². The maximum absolute atomic E-state index is 11.9. The minimum Gasteiger partial charge on any atom is -0.461 e. The summed E-state index contributed by atoms with van der Waals surface area (Å²) in [7, 11) is 1.85. The van der Waals surface area contributed by atoms with Gasteiger partial charge in [-0.1, -0.05) is 23.5 Å². The van der Waals surface area contributed by atoms with Crippen molar-refractivity contribution in [3.05, 3.63) is 46.5 Å². The van der Waals surface area contributed by atoms with Crippen molar-refractivity contribution in [2.75, 3.05) is 23.9 Å². The summed E-state index contributed by atoms with van der Waals surface area (Å²) in [4.78, 5) is 22.7. The first-order valence-electron chi connectivity index (χ1n) is 9.30. The summed E-state index contributed by atoms with van der Waals surface area (Å²) in [5.41, 5.74) is 3.17. The molecule has 0 aliphatic carbocycles. The second-order valence-electron chi connectivity index (χ2n) is 6.53. The molecule has 8 nitrogen and oxygen atoms in total. The van der Waals surface area contributed by atoms with Gasteiger partial charge in [0, 0.05) is 23.6 Å². The van der Waals surface area contributed by atoms with Crippen LogP contribution < -0.4 is 10.2 Å². The Kier molecular flexibility index (Phi) is 5.60. The van der Waals surface area contributed by atoms with Crippen LogP contribution in [0.15, 0.2) is 29.6 Å². The number of esters is 1. The highest BCUT2D eigenvalue weighted by atomic mass is 32.1. The summed E-state index contributed by atoms with van der Waals surface area (Å²) in [6.45, 7) is 6.06. The molecular formula is C20H20N6O2S2. The van der Waals surface area contributed by atoms with Crippen LogP contribution in [0.4, 0.5) is 21.9 Å². The summed E-state index contributed by atoms with van der Waals surface area (Å²) in [6.07, 6.45) is 0. The van der Waals surface area contributed by atoms with Crippen molar-refractivity contribution < 1.29 is 9.53 Å². The lowest BCUT2D eigenvalue weighted by molar-refractivity contribution is 0.0520. The molecule has 0 fully saturated rings. The largest absolute Gasteiger partial charge is 0.461 e. The quantitative estimate of drug-likeness (QED) is 0.425. The van der Waals surface area contributed by atoms with E-state index < -0.39 is 5.97 Å². The summed E-state index contributed by atoms with van der Waals surface area (Å²) in [5.74, 6) is 0.907. The van der Waals surface area contributed by atoms with E-state index in [2.05, 4.69) is 25.5 Å². The van der Waals surface area contributed by atoms with E-state index in [4.69, 9.17) is 4.74 Å². The van der Waals surface area contributed by atoms with Crippen molar-refractivity contribution in [1.82, 2.24) is 20.2 Å². The molecule has 0 radical (unpaired) electrons. The second-order valence-corrected chi connectivity index (χ2v) is 8.40. The third-order valence-electron chi connectivity index (χ3n) is 4.60. The van der Waals surface area contributed by atoms with Crippen molar-refractivity contribution in [3.63, 3.8) is 0 Å². The molecule has 10 heteroatoms. The maximum atomic E-state index is 11.9. The van der Waals surface area contributed by atoms with Crippen molar-refractivity contribution in [3.8, 4) is 0 Å². The number of aromatic nitrogens is 4. The highest BCUT2D eigenvalue weighted by molar-refractivity contribution is 7.22. The predicted molar refractivity (Wildman–Crippen MR) is 121 cm³/mol. The fourth-order valence-corrected chi connectivity index (χ4v) is 4.49. The Morgan fingerprint density at radius 1 is 1.17 bits per heavy atom. The normalized spacial score (nSPS) is 10.9. The van der Waals surface area contributed by atoms with Crippen LogP contribution in [-0.4, -0.2) is 39.8 Å². The minimum atomic E-state index is -0.428. The van der Waals surface area contributed by atoms with E-state index in [0.29, 0.717) is 29.1 Å². The highest BCUT2D eigenvalue weighted by Gasteiger charge is 2.19. The molecule has 0 amide bonds. The number of hydrogen-bond donors (Lipinski definition) is 1. The van der Waals surface area contributed by atoms with E-state index >= 15 is 0 Å². The van der Waals surface area contributed by atoms with Gasteiger partial charge in [0.25, 0.3) is 0 Å². The summed E-state index contributed by atoms with van der Waals surface area (Å²) in [6, 6.07) is 7.99. The lowest BCUT2D eigenvalue weighted by atomic mass is 10.1. The third kappa shape index (κ3) is 3.83. The Bertz CT molecular complexity index is 1190.